The summed E-state index contributed by atoms with van der Waals surface area (Å²) in [6.07, 6.45) is 0. The topological polar surface area (TPSA) is 104 Å². The molecular formula is C35H20O7. The molecule has 0 N–H and O–H groups in total. The van der Waals surface area contributed by atoms with Crippen molar-refractivity contribution in [3.05, 3.63) is 153 Å². The molecule has 0 bridgehead atoms. The minimum atomic E-state index is -0.774. The van der Waals surface area contributed by atoms with E-state index in [2.05, 4.69) is 0 Å². The molecule has 2 heterocycles. The van der Waals surface area contributed by atoms with E-state index in [-0.39, 0.29) is 50.1 Å². The maximum absolute atomic E-state index is 14.2. The fourth-order valence-corrected chi connectivity index (χ4v) is 5.46. The van der Waals surface area contributed by atoms with Crippen LogP contribution in [0.2, 0.25) is 0 Å². The number of hydrogen-bond acceptors (Lipinski definition) is 7. The first-order chi connectivity index (χ1) is 20.5. The zero-order chi connectivity index (χ0) is 29.0. The van der Waals surface area contributed by atoms with Crippen LogP contribution >= 0.6 is 0 Å². The van der Waals surface area contributed by atoms with Crippen LogP contribution in [0.4, 0.5) is 0 Å². The minimum Gasteiger partial charge on any atom is -0.497 e. The molecule has 0 unspecified atom stereocenters. The van der Waals surface area contributed by atoms with Crippen molar-refractivity contribution in [1.29, 1.82) is 0 Å². The van der Waals surface area contributed by atoms with E-state index in [1.807, 2.05) is 0 Å². The van der Waals surface area contributed by atoms with Crippen molar-refractivity contribution in [3.8, 4) is 5.75 Å². The number of allylic oxidation sites excluding steroid dienone is 1. The van der Waals surface area contributed by atoms with E-state index in [9.17, 15) is 19.2 Å². The Morgan fingerprint density at radius 2 is 1.29 bits per heavy atom. The van der Waals surface area contributed by atoms with Gasteiger partial charge in [0.25, 0.3) is 0 Å². The highest BCUT2D eigenvalue weighted by Gasteiger charge is 2.39. The number of rotatable bonds is 5. The zero-order valence-corrected chi connectivity index (χ0v) is 22.2. The molecule has 6 aromatic rings. The SMILES string of the molecule is COc1ccc(C(=C2C(=O)c3ccccc3C2=O)c2oc3c(c2C(=O)c2ccccc2)c(=O)oc2ccccc23)cc1. The third kappa shape index (κ3) is 3.75. The number of carbonyl (C=O) groups is 3. The Morgan fingerprint density at radius 3 is 1.95 bits per heavy atom. The lowest BCUT2D eigenvalue weighted by Gasteiger charge is -2.12. The Balaban J connectivity index is 1.64. The molecule has 0 saturated carbocycles. The second-order valence-electron chi connectivity index (χ2n) is 9.77. The quantitative estimate of drug-likeness (QED) is 0.102. The molecule has 7 heteroatoms. The normalized spacial score (nSPS) is 12.6. The standard InChI is InChI=1S/C35H20O7/c1-40-21-17-15-19(16-18-21)26(27-31(37)22-11-5-6-12-23(22)32(27)38)34-28(30(36)20-9-3-2-4-10-20)29-33(42-34)24-13-7-8-14-25(24)41-35(29)39/h2-18H,1H3. The second-order valence-corrected chi connectivity index (χ2v) is 9.77. The van der Waals surface area contributed by atoms with Gasteiger partial charge in [0.15, 0.2) is 22.9 Å². The lowest BCUT2D eigenvalue weighted by molar-refractivity contribution is 0.0986. The van der Waals surface area contributed by atoms with Crippen LogP contribution < -0.4 is 10.4 Å². The fraction of sp³-hybridized carbons (Fsp3) is 0.0286. The number of fused-ring (bicyclic) bond motifs is 4. The molecule has 0 amide bonds. The van der Waals surface area contributed by atoms with Gasteiger partial charge >= 0.3 is 5.63 Å². The van der Waals surface area contributed by atoms with E-state index in [1.54, 1.807) is 103 Å². The number of hydrogen-bond donors (Lipinski definition) is 0. The summed E-state index contributed by atoms with van der Waals surface area (Å²) < 4.78 is 17.4. The van der Waals surface area contributed by atoms with Crippen LogP contribution in [0.15, 0.2) is 122 Å². The van der Waals surface area contributed by atoms with Gasteiger partial charge in [0, 0.05) is 22.3 Å². The van der Waals surface area contributed by atoms with E-state index < -0.39 is 23.0 Å². The molecule has 1 aliphatic rings. The van der Waals surface area contributed by atoms with Gasteiger partial charge in [-0.15, -0.1) is 0 Å². The number of methoxy groups -OCH3 is 1. The van der Waals surface area contributed by atoms with Gasteiger partial charge in [-0.3, -0.25) is 14.4 Å². The molecule has 0 atom stereocenters. The van der Waals surface area contributed by atoms with Crippen LogP contribution in [-0.4, -0.2) is 24.5 Å². The first kappa shape index (κ1) is 25.2. The molecule has 0 fully saturated rings. The van der Waals surface area contributed by atoms with Crippen molar-refractivity contribution in [3.63, 3.8) is 0 Å². The molecule has 0 spiro atoms. The molecular weight excluding hydrogens is 532 g/mol. The number of furan rings is 1. The second kappa shape index (κ2) is 9.67. The van der Waals surface area contributed by atoms with Crippen molar-refractivity contribution >= 4 is 44.9 Å². The van der Waals surface area contributed by atoms with Crippen LogP contribution in [-0.2, 0) is 0 Å². The van der Waals surface area contributed by atoms with Gasteiger partial charge in [0.05, 0.1) is 23.6 Å². The average Bonchev–Trinajstić information content (AvgIpc) is 3.55. The Morgan fingerprint density at radius 1 is 0.667 bits per heavy atom. The third-order valence-corrected chi connectivity index (χ3v) is 7.44. The van der Waals surface area contributed by atoms with Crippen molar-refractivity contribution in [2.45, 2.75) is 0 Å². The highest BCUT2D eigenvalue weighted by molar-refractivity contribution is 6.43. The highest BCUT2D eigenvalue weighted by atomic mass is 16.5. The summed E-state index contributed by atoms with van der Waals surface area (Å²) in [6.45, 7) is 0. The molecule has 0 aliphatic heterocycles. The van der Waals surface area contributed by atoms with Crippen LogP contribution in [0.5, 0.6) is 5.75 Å². The minimum absolute atomic E-state index is 0.0698. The van der Waals surface area contributed by atoms with Gasteiger partial charge in [0.2, 0.25) is 0 Å². The molecule has 0 saturated heterocycles. The summed E-state index contributed by atoms with van der Waals surface area (Å²) in [5.74, 6) is -1.05. The maximum Gasteiger partial charge on any atom is 0.348 e. The smallest absolute Gasteiger partial charge is 0.348 e. The molecule has 4 aromatic carbocycles. The highest BCUT2D eigenvalue weighted by Crippen LogP contribution is 2.42. The zero-order valence-electron chi connectivity index (χ0n) is 22.2. The molecule has 0 radical (unpaired) electrons. The van der Waals surface area contributed by atoms with Crippen LogP contribution in [0.3, 0.4) is 0 Å². The number of ether oxygens (including phenoxy) is 1. The molecule has 1 aliphatic carbocycles. The number of Topliss-reactive ketones (excluding diaryl/α,β-unsaturated/α-hetero) is 2. The van der Waals surface area contributed by atoms with Crippen LogP contribution in [0, 0.1) is 0 Å². The van der Waals surface area contributed by atoms with Crippen molar-refractivity contribution < 1.29 is 28.0 Å². The number of ketones is 3. The average molecular weight is 553 g/mol. The third-order valence-electron chi connectivity index (χ3n) is 7.44. The molecule has 7 rings (SSSR count). The van der Waals surface area contributed by atoms with E-state index in [4.69, 9.17) is 13.6 Å². The summed E-state index contributed by atoms with van der Waals surface area (Å²) in [7, 11) is 1.52. The van der Waals surface area contributed by atoms with E-state index in [0.717, 1.165) is 0 Å². The van der Waals surface area contributed by atoms with Crippen molar-refractivity contribution in [2.75, 3.05) is 7.11 Å². The van der Waals surface area contributed by atoms with Crippen LogP contribution in [0.1, 0.15) is 48.0 Å². The predicted molar refractivity (Wildman–Crippen MR) is 156 cm³/mol. The number of benzene rings is 4. The van der Waals surface area contributed by atoms with Gasteiger partial charge in [-0.05, 0) is 29.8 Å². The Labute approximate surface area is 238 Å². The van der Waals surface area contributed by atoms with E-state index in [0.29, 0.717) is 22.3 Å². The Hall–Kier alpha value is -5.82. The Kier molecular flexibility index (Phi) is 5.80. The van der Waals surface area contributed by atoms with Crippen molar-refractivity contribution in [1.82, 2.24) is 0 Å². The lowest BCUT2D eigenvalue weighted by Crippen LogP contribution is -2.11. The largest absolute Gasteiger partial charge is 0.497 e. The molecule has 7 nitrogen and oxygen atoms in total. The maximum atomic E-state index is 14.2. The molecule has 202 valence electrons. The fourth-order valence-electron chi connectivity index (χ4n) is 5.46. The summed E-state index contributed by atoms with van der Waals surface area (Å²) >= 11 is 0. The summed E-state index contributed by atoms with van der Waals surface area (Å²) in [4.78, 5) is 55.4. The molecule has 2 aromatic heterocycles. The first-order valence-electron chi connectivity index (χ1n) is 13.1. The number of carbonyl (C=O) groups excluding carboxylic acids is 3. The van der Waals surface area contributed by atoms with Gasteiger partial charge in [-0.1, -0.05) is 78.9 Å². The molecule has 42 heavy (non-hydrogen) atoms. The summed E-state index contributed by atoms with van der Waals surface area (Å²) in [5, 5.41) is 0.395. The van der Waals surface area contributed by atoms with E-state index in [1.165, 1.54) is 7.11 Å². The van der Waals surface area contributed by atoms with E-state index >= 15 is 0 Å². The summed E-state index contributed by atoms with van der Waals surface area (Å²) in [5.41, 5.74) is 0.692. The number of para-hydroxylation sites is 1. The summed E-state index contributed by atoms with van der Waals surface area (Å²) in [6, 6.07) is 28.5. The van der Waals surface area contributed by atoms with Crippen molar-refractivity contribution in [2.24, 2.45) is 0 Å². The first-order valence-corrected chi connectivity index (χ1v) is 13.1. The lowest BCUT2D eigenvalue weighted by atomic mass is 9.90. The Bertz CT molecular complexity index is 2140. The monoisotopic (exact) mass is 552 g/mol. The predicted octanol–water partition coefficient (Wildman–Crippen LogP) is 6.66. The van der Waals surface area contributed by atoms with Gasteiger partial charge < -0.3 is 13.6 Å². The van der Waals surface area contributed by atoms with Gasteiger partial charge in [-0.2, -0.15) is 0 Å². The van der Waals surface area contributed by atoms with Gasteiger partial charge in [0.1, 0.15) is 22.5 Å². The van der Waals surface area contributed by atoms with Crippen LogP contribution in [0.25, 0.3) is 27.5 Å². The van der Waals surface area contributed by atoms with Gasteiger partial charge in [-0.25, -0.2) is 4.79 Å².